The van der Waals surface area contributed by atoms with E-state index in [0.29, 0.717) is 22.1 Å². The highest BCUT2D eigenvalue weighted by atomic mass is 35.5. The van der Waals surface area contributed by atoms with E-state index < -0.39 is 34.9 Å². The standard InChI is InChI=1S/C21H17F2N3O4S.ClH/c1-10-9-30-16-8-25-7-14(18(27)19(28)17(25)21(29)26(10)16)20-24-6-13(31-20)4-11-2-3-12(22)5-15(11)23;/h2-3,5-7,10,16,28H,4,8-9H2,1H3;1H/t10-,16+;/m0./s1. The Labute approximate surface area is 191 Å². The molecule has 0 saturated carbocycles. The molecule has 2 aliphatic heterocycles. The number of hydrogen-bond acceptors (Lipinski definition) is 6. The fraction of sp³-hybridized carbons (Fsp3) is 0.286. The van der Waals surface area contributed by atoms with Crippen LogP contribution in [0, 0.1) is 11.6 Å². The van der Waals surface area contributed by atoms with Gasteiger partial charge in [-0.05, 0) is 18.6 Å². The van der Waals surface area contributed by atoms with Gasteiger partial charge < -0.3 is 19.3 Å². The maximum Gasteiger partial charge on any atom is 0.276 e. The maximum atomic E-state index is 14.0. The van der Waals surface area contributed by atoms with Crippen LogP contribution in [0.4, 0.5) is 8.78 Å². The second-order valence-electron chi connectivity index (χ2n) is 7.62. The Kier molecular flexibility index (Phi) is 5.78. The average Bonchev–Trinajstić information content (AvgIpc) is 3.33. The van der Waals surface area contributed by atoms with Crippen LogP contribution in [0.3, 0.4) is 0 Å². The summed E-state index contributed by atoms with van der Waals surface area (Å²) in [7, 11) is 0. The molecule has 1 N–H and O–H groups in total. The second kappa shape index (κ2) is 8.27. The van der Waals surface area contributed by atoms with Crippen molar-refractivity contribution in [2.45, 2.75) is 32.2 Å². The summed E-state index contributed by atoms with van der Waals surface area (Å²) >= 11 is 1.17. The van der Waals surface area contributed by atoms with Gasteiger partial charge in [-0.2, -0.15) is 0 Å². The smallest absolute Gasteiger partial charge is 0.276 e. The molecule has 0 aliphatic carbocycles. The Hall–Kier alpha value is -2.82. The van der Waals surface area contributed by atoms with Crippen molar-refractivity contribution in [1.82, 2.24) is 14.5 Å². The molecule has 1 amide bonds. The zero-order chi connectivity index (χ0) is 21.9. The fourth-order valence-corrected chi connectivity index (χ4v) is 4.94. The van der Waals surface area contributed by atoms with Crippen molar-refractivity contribution in [3.63, 3.8) is 0 Å². The molecule has 0 unspecified atom stereocenters. The molecule has 2 aliphatic rings. The molecular weight excluding hydrogens is 464 g/mol. The predicted molar refractivity (Wildman–Crippen MR) is 115 cm³/mol. The average molecular weight is 482 g/mol. The predicted octanol–water partition coefficient (Wildman–Crippen LogP) is 3.17. The largest absolute Gasteiger partial charge is 0.503 e. The van der Waals surface area contributed by atoms with Crippen LogP contribution in [0.2, 0.25) is 0 Å². The van der Waals surface area contributed by atoms with Crippen LogP contribution < -0.4 is 5.43 Å². The van der Waals surface area contributed by atoms with Crippen LogP contribution in [-0.4, -0.2) is 44.3 Å². The summed E-state index contributed by atoms with van der Waals surface area (Å²) < 4.78 is 34.2. The first-order chi connectivity index (χ1) is 14.8. The molecule has 1 fully saturated rings. The number of fused-ring (bicyclic) bond motifs is 2. The van der Waals surface area contributed by atoms with Crippen LogP contribution in [-0.2, 0) is 17.7 Å². The van der Waals surface area contributed by atoms with Gasteiger partial charge in [-0.15, -0.1) is 23.7 Å². The third kappa shape index (κ3) is 3.58. The zero-order valence-corrected chi connectivity index (χ0v) is 18.4. The number of aromatic hydroxyl groups is 1. The second-order valence-corrected chi connectivity index (χ2v) is 8.73. The number of carbonyl (C=O) groups excluding carboxylic acids is 1. The van der Waals surface area contributed by atoms with Crippen LogP contribution >= 0.6 is 23.7 Å². The molecule has 0 bridgehead atoms. The third-order valence-corrected chi connectivity index (χ3v) is 6.56. The number of hydrogen-bond donors (Lipinski definition) is 1. The molecule has 1 saturated heterocycles. The van der Waals surface area contributed by atoms with E-state index in [1.165, 1.54) is 45.3 Å². The number of halogens is 3. The Morgan fingerprint density at radius 2 is 2.09 bits per heavy atom. The van der Waals surface area contributed by atoms with Crippen molar-refractivity contribution in [3.8, 4) is 16.3 Å². The minimum atomic E-state index is -0.695. The van der Waals surface area contributed by atoms with Crippen molar-refractivity contribution in [1.29, 1.82) is 0 Å². The molecule has 2 aromatic heterocycles. The van der Waals surface area contributed by atoms with E-state index in [9.17, 15) is 23.5 Å². The quantitative estimate of drug-likeness (QED) is 0.621. The number of amides is 1. The SMILES string of the molecule is C[C@H]1CO[C@@H]2Cn3cc(-c4ncc(Cc5ccc(F)cc5F)s4)c(=O)c(O)c3C(=O)N12.Cl. The lowest BCUT2D eigenvalue weighted by Gasteiger charge is -2.33. The van der Waals surface area contributed by atoms with Gasteiger partial charge in [-0.3, -0.25) is 9.59 Å². The van der Waals surface area contributed by atoms with Crippen LogP contribution in [0.15, 0.2) is 35.4 Å². The topological polar surface area (TPSA) is 84.7 Å². The molecule has 168 valence electrons. The van der Waals surface area contributed by atoms with Gasteiger partial charge in [0, 0.05) is 29.8 Å². The normalized spacial score (nSPS) is 19.5. The van der Waals surface area contributed by atoms with Gasteiger partial charge in [0.2, 0.25) is 5.43 Å². The molecule has 0 spiro atoms. The molecule has 5 rings (SSSR count). The summed E-state index contributed by atoms with van der Waals surface area (Å²) in [5.41, 5.74) is -0.309. The molecule has 0 radical (unpaired) electrons. The van der Waals surface area contributed by atoms with Gasteiger partial charge >= 0.3 is 0 Å². The van der Waals surface area contributed by atoms with E-state index in [0.717, 1.165) is 6.07 Å². The highest BCUT2D eigenvalue weighted by molar-refractivity contribution is 7.15. The van der Waals surface area contributed by atoms with Gasteiger partial charge in [0.25, 0.3) is 5.91 Å². The Balaban J connectivity index is 0.00000245. The van der Waals surface area contributed by atoms with Crippen molar-refractivity contribution >= 4 is 29.7 Å². The van der Waals surface area contributed by atoms with Crippen molar-refractivity contribution in [2.24, 2.45) is 0 Å². The fourth-order valence-electron chi connectivity index (χ4n) is 3.99. The van der Waals surface area contributed by atoms with Gasteiger partial charge in [0.05, 0.1) is 24.8 Å². The lowest BCUT2D eigenvalue weighted by atomic mass is 10.1. The minimum Gasteiger partial charge on any atom is -0.503 e. The number of rotatable bonds is 3. The first kappa shape index (κ1) is 22.4. The summed E-state index contributed by atoms with van der Waals surface area (Å²) in [6, 6.07) is 3.22. The number of carbonyl (C=O) groups is 1. The highest BCUT2D eigenvalue weighted by Crippen LogP contribution is 2.32. The highest BCUT2D eigenvalue weighted by Gasteiger charge is 2.42. The molecular formula is C21H18ClF2N3O4S. The maximum absolute atomic E-state index is 14.0. The molecule has 4 heterocycles. The van der Waals surface area contributed by atoms with Crippen LogP contribution in [0.25, 0.3) is 10.6 Å². The number of thiazole rings is 1. The van der Waals surface area contributed by atoms with E-state index in [-0.39, 0.29) is 42.7 Å². The monoisotopic (exact) mass is 481 g/mol. The molecule has 32 heavy (non-hydrogen) atoms. The van der Waals surface area contributed by atoms with Gasteiger partial charge in [0.15, 0.2) is 17.7 Å². The van der Waals surface area contributed by atoms with Gasteiger partial charge in [-0.1, -0.05) is 6.07 Å². The van der Waals surface area contributed by atoms with E-state index in [2.05, 4.69) is 4.98 Å². The zero-order valence-electron chi connectivity index (χ0n) is 16.7. The summed E-state index contributed by atoms with van der Waals surface area (Å²) in [5, 5.41) is 10.9. The first-order valence-corrected chi connectivity index (χ1v) is 10.4. The Bertz CT molecular complexity index is 1280. The summed E-state index contributed by atoms with van der Waals surface area (Å²) in [4.78, 5) is 32.1. The molecule has 3 aromatic rings. The summed E-state index contributed by atoms with van der Waals surface area (Å²) in [6.07, 6.45) is 2.74. The molecule has 11 heteroatoms. The van der Waals surface area contributed by atoms with Crippen molar-refractivity contribution < 1.29 is 23.4 Å². The van der Waals surface area contributed by atoms with Gasteiger partial charge in [0.1, 0.15) is 16.6 Å². The van der Waals surface area contributed by atoms with Gasteiger partial charge in [-0.25, -0.2) is 13.8 Å². The number of nitrogens with zero attached hydrogens (tertiary/aromatic N) is 3. The molecule has 7 nitrogen and oxygen atoms in total. The Morgan fingerprint density at radius 1 is 1.31 bits per heavy atom. The minimum absolute atomic E-state index is 0. The summed E-state index contributed by atoms with van der Waals surface area (Å²) in [6.45, 7) is 2.52. The van der Waals surface area contributed by atoms with E-state index in [1.54, 1.807) is 0 Å². The van der Waals surface area contributed by atoms with Crippen LogP contribution in [0.5, 0.6) is 5.75 Å². The first-order valence-electron chi connectivity index (χ1n) is 9.63. The molecule has 2 atom stereocenters. The number of benzene rings is 1. The lowest BCUT2D eigenvalue weighted by Crippen LogP contribution is -2.48. The van der Waals surface area contributed by atoms with E-state index in [4.69, 9.17) is 4.74 Å². The number of aromatic nitrogens is 2. The lowest BCUT2D eigenvalue weighted by molar-refractivity contribution is 0.00638. The van der Waals surface area contributed by atoms with Crippen molar-refractivity contribution in [2.75, 3.05) is 6.61 Å². The van der Waals surface area contributed by atoms with E-state index in [1.807, 2.05) is 6.92 Å². The third-order valence-electron chi connectivity index (χ3n) is 5.52. The Morgan fingerprint density at radius 3 is 2.84 bits per heavy atom. The number of ether oxygens (including phenoxy) is 1. The molecule has 1 aromatic carbocycles. The van der Waals surface area contributed by atoms with E-state index >= 15 is 0 Å². The number of pyridine rings is 1. The summed E-state index contributed by atoms with van der Waals surface area (Å²) in [5.74, 6) is -2.39. The van der Waals surface area contributed by atoms with Crippen LogP contribution in [0.1, 0.15) is 27.9 Å². The van der Waals surface area contributed by atoms with Crippen molar-refractivity contribution in [3.05, 3.63) is 68.6 Å².